The van der Waals surface area contributed by atoms with Gasteiger partial charge in [-0.2, -0.15) is 4.31 Å². The van der Waals surface area contributed by atoms with E-state index in [1.807, 2.05) is 0 Å². The highest BCUT2D eigenvalue weighted by Crippen LogP contribution is 2.25. The Morgan fingerprint density at radius 1 is 0.909 bits per heavy atom. The minimum absolute atomic E-state index is 0.0258. The first-order chi connectivity index (χ1) is 15.5. The number of benzene rings is 2. The first kappa shape index (κ1) is 26.8. The summed E-state index contributed by atoms with van der Waals surface area (Å²) in [5, 5.41) is 2.83. The first-order valence-corrected chi connectivity index (χ1v) is 14.1. The number of rotatable bonds is 12. The lowest BCUT2D eigenvalue weighted by Gasteiger charge is -2.18. The summed E-state index contributed by atoms with van der Waals surface area (Å²) in [5.41, 5.74) is 2.46. The van der Waals surface area contributed by atoms with E-state index in [9.17, 15) is 21.6 Å². The van der Waals surface area contributed by atoms with Crippen LogP contribution in [0.2, 0.25) is 0 Å². The van der Waals surface area contributed by atoms with Gasteiger partial charge in [-0.1, -0.05) is 39.0 Å². The van der Waals surface area contributed by atoms with Gasteiger partial charge in [-0.15, -0.1) is 0 Å². The molecular formula is C23H33N3O5S2. The number of carbonyl (C=O) groups is 1. The molecule has 0 fully saturated rings. The fourth-order valence-corrected chi connectivity index (χ4v) is 6.03. The molecule has 8 nitrogen and oxygen atoms in total. The quantitative estimate of drug-likeness (QED) is 0.466. The molecule has 0 radical (unpaired) electrons. The molecule has 0 saturated carbocycles. The zero-order valence-electron chi connectivity index (χ0n) is 19.6. The number of carbonyl (C=O) groups excluding carboxylic acids is 1. The SMILES string of the molecule is CCCS(=O)(=O)Nc1cccc(NC(=O)CCc2ccc(S(=O)(=O)N(CC)CC)cc2)c1C. The van der Waals surface area contributed by atoms with Gasteiger partial charge in [0.2, 0.25) is 26.0 Å². The molecule has 2 aromatic rings. The summed E-state index contributed by atoms with van der Waals surface area (Å²) in [4.78, 5) is 12.7. The van der Waals surface area contributed by atoms with Crippen LogP contribution in [-0.4, -0.2) is 45.9 Å². The molecular weight excluding hydrogens is 462 g/mol. The van der Waals surface area contributed by atoms with E-state index in [0.717, 1.165) is 5.56 Å². The van der Waals surface area contributed by atoms with Gasteiger partial charge in [-0.25, -0.2) is 16.8 Å². The number of sulfonamides is 2. The Morgan fingerprint density at radius 2 is 1.52 bits per heavy atom. The van der Waals surface area contributed by atoms with Crippen LogP contribution in [0.4, 0.5) is 11.4 Å². The van der Waals surface area contributed by atoms with E-state index < -0.39 is 20.0 Å². The van der Waals surface area contributed by atoms with E-state index in [-0.39, 0.29) is 23.0 Å². The molecule has 2 rings (SSSR count). The predicted molar refractivity (Wildman–Crippen MR) is 132 cm³/mol. The van der Waals surface area contributed by atoms with Crippen molar-refractivity contribution in [1.82, 2.24) is 4.31 Å². The molecule has 33 heavy (non-hydrogen) atoms. The van der Waals surface area contributed by atoms with Gasteiger partial charge in [0.25, 0.3) is 0 Å². The normalized spacial score (nSPS) is 12.0. The van der Waals surface area contributed by atoms with E-state index >= 15 is 0 Å². The summed E-state index contributed by atoms with van der Waals surface area (Å²) >= 11 is 0. The third-order valence-corrected chi connectivity index (χ3v) is 8.79. The average molecular weight is 496 g/mol. The lowest BCUT2D eigenvalue weighted by atomic mass is 10.1. The number of anilines is 2. The standard InChI is InChI=1S/C23H33N3O5S2/c1-5-17-32(28,29)25-22-10-8-9-21(18(22)4)24-23(27)16-13-19-11-14-20(15-12-19)33(30,31)26(6-2)7-3/h8-12,14-15,25H,5-7,13,16-17H2,1-4H3,(H,24,27). The van der Waals surface area contributed by atoms with E-state index in [1.54, 1.807) is 70.2 Å². The highest BCUT2D eigenvalue weighted by molar-refractivity contribution is 7.92. The zero-order chi connectivity index (χ0) is 24.6. The monoisotopic (exact) mass is 495 g/mol. The second-order valence-electron chi connectivity index (χ2n) is 7.68. The highest BCUT2D eigenvalue weighted by atomic mass is 32.2. The van der Waals surface area contributed by atoms with Crippen LogP contribution >= 0.6 is 0 Å². The van der Waals surface area contributed by atoms with Gasteiger partial charge in [-0.3, -0.25) is 9.52 Å². The fraction of sp³-hybridized carbons (Fsp3) is 0.435. The van der Waals surface area contributed by atoms with Gasteiger partial charge in [-0.05, 0) is 55.2 Å². The van der Waals surface area contributed by atoms with E-state index in [0.29, 0.717) is 42.9 Å². The van der Waals surface area contributed by atoms with Crippen molar-refractivity contribution in [3.05, 3.63) is 53.6 Å². The molecule has 0 aliphatic rings. The van der Waals surface area contributed by atoms with Crippen LogP contribution in [0.15, 0.2) is 47.4 Å². The van der Waals surface area contributed by atoms with Crippen molar-refractivity contribution in [3.63, 3.8) is 0 Å². The Kier molecular flexibility index (Phi) is 9.45. The molecule has 1 amide bonds. The smallest absolute Gasteiger partial charge is 0.243 e. The number of hydrogen-bond acceptors (Lipinski definition) is 5. The van der Waals surface area contributed by atoms with Crippen LogP contribution in [0.1, 0.15) is 44.7 Å². The van der Waals surface area contributed by atoms with Crippen molar-refractivity contribution in [2.45, 2.75) is 51.9 Å². The van der Waals surface area contributed by atoms with Crippen LogP contribution in [0.5, 0.6) is 0 Å². The van der Waals surface area contributed by atoms with Crippen molar-refractivity contribution >= 4 is 37.3 Å². The lowest BCUT2D eigenvalue weighted by Crippen LogP contribution is -2.30. The minimum atomic E-state index is -3.51. The maximum Gasteiger partial charge on any atom is 0.243 e. The molecule has 0 atom stereocenters. The van der Waals surface area contributed by atoms with Gasteiger partial charge in [0, 0.05) is 25.2 Å². The molecule has 0 heterocycles. The van der Waals surface area contributed by atoms with Gasteiger partial charge >= 0.3 is 0 Å². The highest BCUT2D eigenvalue weighted by Gasteiger charge is 2.21. The molecule has 2 aromatic carbocycles. The fourth-order valence-electron chi connectivity index (χ4n) is 3.38. The molecule has 0 aliphatic heterocycles. The summed E-state index contributed by atoms with van der Waals surface area (Å²) in [5.74, 6) is -0.190. The number of nitrogens with zero attached hydrogens (tertiary/aromatic N) is 1. The lowest BCUT2D eigenvalue weighted by molar-refractivity contribution is -0.116. The van der Waals surface area contributed by atoms with Gasteiger partial charge < -0.3 is 5.32 Å². The molecule has 0 spiro atoms. The summed E-state index contributed by atoms with van der Waals surface area (Å²) in [6.45, 7) is 7.94. The number of nitrogens with one attached hydrogen (secondary N) is 2. The number of hydrogen-bond donors (Lipinski definition) is 2. The van der Waals surface area contributed by atoms with Crippen LogP contribution < -0.4 is 10.0 Å². The van der Waals surface area contributed by atoms with Gasteiger partial charge in [0.15, 0.2) is 0 Å². The zero-order valence-corrected chi connectivity index (χ0v) is 21.2. The van der Waals surface area contributed by atoms with Crippen molar-refractivity contribution in [2.75, 3.05) is 28.9 Å². The summed E-state index contributed by atoms with van der Waals surface area (Å²) in [6, 6.07) is 11.6. The van der Waals surface area contributed by atoms with Gasteiger partial charge in [0.1, 0.15) is 0 Å². The topological polar surface area (TPSA) is 113 Å². The van der Waals surface area contributed by atoms with Gasteiger partial charge in [0.05, 0.1) is 16.3 Å². The number of amides is 1. The molecule has 10 heteroatoms. The van der Waals surface area contributed by atoms with Crippen LogP contribution in [-0.2, 0) is 31.3 Å². The van der Waals surface area contributed by atoms with E-state index in [2.05, 4.69) is 10.0 Å². The largest absolute Gasteiger partial charge is 0.326 e. The Morgan fingerprint density at radius 3 is 2.09 bits per heavy atom. The van der Waals surface area contributed by atoms with Crippen LogP contribution in [0.3, 0.4) is 0 Å². The van der Waals surface area contributed by atoms with Crippen LogP contribution in [0.25, 0.3) is 0 Å². The first-order valence-electron chi connectivity index (χ1n) is 11.0. The number of aryl methyl sites for hydroxylation is 1. The summed E-state index contributed by atoms with van der Waals surface area (Å²) in [7, 11) is -6.94. The summed E-state index contributed by atoms with van der Waals surface area (Å²) < 4.78 is 53.2. The van der Waals surface area contributed by atoms with Crippen LogP contribution in [0, 0.1) is 6.92 Å². The molecule has 2 N–H and O–H groups in total. The van der Waals surface area contributed by atoms with Crippen molar-refractivity contribution < 1.29 is 21.6 Å². The Hall–Kier alpha value is -2.43. The molecule has 0 aliphatic carbocycles. The molecule has 0 aromatic heterocycles. The maximum absolute atomic E-state index is 12.6. The molecule has 0 unspecified atom stereocenters. The average Bonchev–Trinajstić information content (AvgIpc) is 2.76. The van der Waals surface area contributed by atoms with Crippen molar-refractivity contribution in [3.8, 4) is 0 Å². The van der Waals surface area contributed by atoms with Crippen molar-refractivity contribution in [2.24, 2.45) is 0 Å². The minimum Gasteiger partial charge on any atom is -0.326 e. The summed E-state index contributed by atoms with van der Waals surface area (Å²) in [6.07, 6.45) is 1.15. The Bertz CT molecular complexity index is 1160. The molecule has 0 bridgehead atoms. The van der Waals surface area contributed by atoms with Crippen molar-refractivity contribution in [1.29, 1.82) is 0 Å². The second kappa shape index (κ2) is 11.6. The molecule has 182 valence electrons. The van der Waals surface area contributed by atoms with E-state index in [4.69, 9.17) is 0 Å². The van der Waals surface area contributed by atoms with E-state index in [1.165, 1.54) is 4.31 Å². The predicted octanol–water partition coefficient (Wildman–Crippen LogP) is 3.75. The Labute approximate surface area is 197 Å². The second-order valence-corrected chi connectivity index (χ2v) is 11.5. The third kappa shape index (κ3) is 7.28. The maximum atomic E-state index is 12.6. The molecule has 0 saturated heterocycles. The third-order valence-electron chi connectivity index (χ3n) is 5.25. The Balaban J connectivity index is 2.02.